The highest BCUT2D eigenvalue weighted by Gasteiger charge is 2.47. The predicted octanol–water partition coefficient (Wildman–Crippen LogP) is 2.66. The number of hydrogen-bond acceptors (Lipinski definition) is 11. The maximum absolute atomic E-state index is 14.5. The van der Waals surface area contributed by atoms with Crippen molar-refractivity contribution >= 4 is 35.4 Å². The Bertz CT molecular complexity index is 2280. The van der Waals surface area contributed by atoms with E-state index in [1.54, 1.807) is 37.7 Å². The molecule has 8 rings (SSSR count). The fourth-order valence-corrected chi connectivity index (χ4v) is 11.0. The molecule has 366 valence electrons. The summed E-state index contributed by atoms with van der Waals surface area (Å²) < 4.78 is 8.09. The quantitative estimate of drug-likeness (QED) is 0.123. The number of ether oxygens (including phenoxy) is 1. The number of fused-ring (bicyclic) bond motifs is 3. The van der Waals surface area contributed by atoms with Gasteiger partial charge in [-0.25, -0.2) is 4.68 Å². The summed E-state index contributed by atoms with van der Waals surface area (Å²) in [5.74, 6) is -1.44. The molecule has 0 saturated carbocycles. The molecule has 1 aliphatic carbocycles. The molecule has 4 unspecified atom stereocenters. The van der Waals surface area contributed by atoms with E-state index < -0.39 is 42.3 Å². The number of aryl methyl sites for hydroxylation is 1. The lowest BCUT2D eigenvalue weighted by Gasteiger charge is -2.38. The van der Waals surface area contributed by atoms with Crippen molar-refractivity contribution in [2.24, 2.45) is 0 Å². The average Bonchev–Trinajstić information content (AvgIpc) is 4.10. The smallest absolute Gasteiger partial charge is 0.246 e. The van der Waals surface area contributed by atoms with Crippen LogP contribution >= 0.6 is 0 Å². The van der Waals surface area contributed by atoms with Gasteiger partial charge in [-0.1, -0.05) is 59.8 Å². The van der Waals surface area contributed by atoms with Crippen molar-refractivity contribution in [3.05, 3.63) is 83.2 Å². The summed E-state index contributed by atoms with van der Waals surface area (Å²) >= 11 is 0. The summed E-state index contributed by atoms with van der Waals surface area (Å²) in [6.45, 7) is 3.71. The van der Waals surface area contributed by atoms with E-state index in [0.29, 0.717) is 57.1 Å². The van der Waals surface area contributed by atoms with Gasteiger partial charge in [-0.2, -0.15) is 0 Å². The van der Waals surface area contributed by atoms with Gasteiger partial charge in [-0.3, -0.25) is 28.8 Å². The third-order valence-electron chi connectivity index (χ3n) is 15.0. The third kappa shape index (κ3) is 10.9. The van der Waals surface area contributed by atoms with Gasteiger partial charge < -0.3 is 46.4 Å². The summed E-state index contributed by atoms with van der Waals surface area (Å²) in [6, 6.07) is 12.8. The summed E-state index contributed by atoms with van der Waals surface area (Å²) in [4.78, 5) is 86.2. The Morgan fingerprint density at radius 3 is 2.01 bits per heavy atom. The van der Waals surface area contributed by atoms with Crippen LogP contribution in [0, 0.1) is 0 Å². The van der Waals surface area contributed by atoms with Crippen LogP contribution in [0.4, 0.5) is 0 Å². The zero-order chi connectivity index (χ0) is 47.9. The lowest BCUT2D eigenvalue weighted by Crippen LogP contribution is -2.58. The monoisotopic (exact) mass is 936 g/mol. The molecule has 0 spiro atoms. The van der Waals surface area contributed by atoms with E-state index in [4.69, 9.17) is 4.74 Å². The molecule has 5 heterocycles. The van der Waals surface area contributed by atoms with Crippen LogP contribution in [0.25, 0.3) is 0 Å². The molecule has 6 amide bonds. The van der Waals surface area contributed by atoms with Gasteiger partial charge in [0.1, 0.15) is 29.9 Å². The molecule has 0 radical (unpaired) electrons. The maximum atomic E-state index is 14.5. The third-order valence-corrected chi connectivity index (χ3v) is 15.0. The van der Waals surface area contributed by atoms with Crippen molar-refractivity contribution in [3.8, 4) is 0 Å². The van der Waals surface area contributed by atoms with E-state index in [-0.39, 0.29) is 72.8 Å². The molecule has 5 aliphatic rings. The van der Waals surface area contributed by atoms with Gasteiger partial charge in [-0.05, 0) is 128 Å². The number of amides is 6. The van der Waals surface area contributed by atoms with Crippen LogP contribution in [0.5, 0.6) is 0 Å². The normalized spacial score (nSPS) is 27.3. The van der Waals surface area contributed by atoms with Crippen LogP contribution in [0.1, 0.15) is 131 Å². The van der Waals surface area contributed by atoms with Gasteiger partial charge in [0.15, 0.2) is 0 Å². The molecular formula is C50H69N11O7. The minimum atomic E-state index is -0.828. The largest absolute Gasteiger partial charge is 0.373 e. The van der Waals surface area contributed by atoms with Crippen LogP contribution < -0.4 is 31.9 Å². The first kappa shape index (κ1) is 48.7. The number of nitrogens with one attached hydrogen (secondary N) is 6. The Balaban J connectivity index is 0.932. The molecule has 3 aromatic rings. The van der Waals surface area contributed by atoms with Crippen molar-refractivity contribution in [2.75, 3.05) is 20.7 Å². The molecule has 6 N–H and O–H groups in total. The highest BCUT2D eigenvalue weighted by molar-refractivity contribution is 5.95. The maximum Gasteiger partial charge on any atom is 0.246 e. The van der Waals surface area contributed by atoms with Crippen molar-refractivity contribution < 1.29 is 33.5 Å². The Kier molecular flexibility index (Phi) is 15.9. The van der Waals surface area contributed by atoms with E-state index >= 15 is 0 Å². The fourth-order valence-electron chi connectivity index (χ4n) is 11.0. The van der Waals surface area contributed by atoms with Crippen LogP contribution in [-0.4, -0.2) is 129 Å². The molecule has 4 saturated heterocycles. The Morgan fingerprint density at radius 2 is 1.29 bits per heavy atom. The van der Waals surface area contributed by atoms with E-state index in [0.717, 1.165) is 43.2 Å². The van der Waals surface area contributed by atoms with Crippen molar-refractivity contribution in [1.29, 1.82) is 0 Å². The Morgan fingerprint density at radius 1 is 0.676 bits per heavy atom. The summed E-state index contributed by atoms with van der Waals surface area (Å²) in [5.41, 5.74) is 3.79. The van der Waals surface area contributed by atoms with Crippen molar-refractivity contribution in [2.45, 2.75) is 170 Å². The van der Waals surface area contributed by atoms with Gasteiger partial charge in [0, 0.05) is 12.1 Å². The second-order valence-electron chi connectivity index (χ2n) is 19.4. The number of aromatic nitrogens is 3. The Hall–Kier alpha value is -5.72. The van der Waals surface area contributed by atoms with E-state index in [9.17, 15) is 28.8 Å². The zero-order valence-electron chi connectivity index (χ0n) is 39.8. The van der Waals surface area contributed by atoms with E-state index in [1.807, 2.05) is 53.3 Å². The molecular weight excluding hydrogens is 867 g/mol. The Labute approximate surface area is 398 Å². The highest BCUT2D eigenvalue weighted by Crippen LogP contribution is 2.37. The summed E-state index contributed by atoms with van der Waals surface area (Å²) in [5, 5.41) is 27.3. The SMILES string of the molecule is CN[C@@H](C)C(=O)N[C@H]1CCC(n2cc(COC[C@@H](NC(=O)[C@@H]3CCC4CCC[C@H](NC(=O)[C@H](C)NC)C(=O)N43)c3ccccc3)nn2)CC2CC[C@@H](C(=O)NC3CCCc4ccccc43)N2C1=O. The number of carbonyl (C=O) groups is 6. The number of carbonyl (C=O) groups excluding carboxylic acids is 6. The van der Waals surface area contributed by atoms with Crippen LogP contribution in [0.3, 0.4) is 0 Å². The second kappa shape index (κ2) is 22.1. The number of hydrogen-bond donors (Lipinski definition) is 6. The topological polar surface area (TPSA) is 221 Å². The van der Waals surface area contributed by atoms with Crippen LogP contribution in [-0.2, 0) is 46.5 Å². The minimum Gasteiger partial charge on any atom is -0.373 e. The number of rotatable bonds is 16. The highest BCUT2D eigenvalue weighted by atomic mass is 16.5. The molecule has 2 aromatic carbocycles. The summed E-state index contributed by atoms with van der Waals surface area (Å²) in [6.07, 6.45) is 10.5. The molecule has 68 heavy (non-hydrogen) atoms. The first-order valence-electron chi connectivity index (χ1n) is 24.8. The standard InChI is InChI=1S/C50H69N11O7/c1-30(51-3)45(62)54-40-19-11-16-35-21-24-43(60(35)49(40)66)48(65)56-42(33-13-6-5-7-14-33)29-68-28-34-27-59(58-57-34)36-20-23-41(55-46(63)31(2)52-4)50(67)61-37(26-36)22-25-44(61)47(64)53-39-18-10-15-32-12-8-9-17-38(32)39/h5-9,12-14,17,27,30-31,35-37,39-44,51-52H,10-11,15-16,18-26,28-29H2,1-4H3,(H,53,64)(H,54,62)(H,55,63)(H,56,65)/t30-,31-,35?,36?,37?,39?,40-,41-,42+,43-,44-/m0/s1. The molecule has 18 heteroatoms. The first-order valence-corrected chi connectivity index (χ1v) is 24.8. The van der Waals surface area contributed by atoms with Crippen LogP contribution in [0.2, 0.25) is 0 Å². The molecule has 11 atom stereocenters. The molecule has 18 nitrogen and oxygen atoms in total. The van der Waals surface area contributed by atoms with Gasteiger partial charge in [0.25, 0.3) is 0 Å². The first-order chi connectivity index (χ1) is 32.9. The molecule has 4 fully saturated rings. The lowest BCUT2D eigenvalue weighted by atomic mass is 9.87. The number of benzene rings is 2. The van der Waals surface area contributed by atoms with Gasteiger partial charge in [0.05, 0.1) is 49.6 Å². The second-order valence-corrected chi connectivity index (χ2v) is 19.4. The molecule has 0 bridgehead atoms. The van der Waals surface area contributed by atoms with E-state index in [2.05, 4.69) is 54.3 Å². The van der Waals surface area contributed by atoms with Gasteiger partial charge >= 0.3 is 0 Å². The van der Waals surface area contributed by atoms with Crippen molar-refractivity contribution in [1.82, 2.24) is 56.7 Å². The lowest BCUT2D eigenvalue weighted by molar-refractivity contribution is -0.145. The number of nitrogens with zero attached hydrogens (tertiary/aromatic N) is 5. The summed E-state index contributed by atoms with van der Waals surface area (Å²) in [7, 11) is 3.39. The molecule has 1 aromatic heterocycles. The fraction of sp³-hybridized carbons (Fsp3) is 0.600. The zero-order valence-corrected chi connectivity index (χ0v) is 39.8. The average molecular weight is 936 g/mol. The molecule has 4 aliphatic heterocycles. The van der Waals surface area contributed by atoms with Crippen LogP contribution in [0.15, 0.2) is 60.8 Å². The van der Waals surface area contributed by atoms with E-state index in [1.165, 1.54) is 5.56 Å². The predicted molar refractivity (Wildman–Crippen MR) is 252 cm³/mol. The minimum absolute atomic E-state index is 0.0661. The van der Waals surface area contributed by atoms with Gasteiger partial charge in [-0.15, -0.1) is 5.10 Å². The van der Waals surface area contributed by atoms with Crippen molar-refractivity contribution in [3.63, 3.8) is 0 Å². The van der Waals surface area contributed by atoms with Gasteiger partial charge in [0.2, 0.25) is 35.4 Å². The number of likely N-dealkylation sites (N-methyl/N-ethyl adjacent to an activating group) is 2.